The van der Waals surface area contributed by atoms with E-state index in [-0.39, 0.29) is 0 Å². The number of hydrogen-bond acceptors (Lipinski definition) is 6. The molecule has 170 valence electrons. The largest absolute Gasteiger partial charge is 0.462 e. The number of para-hydroxylation sites is 1. The summed E-state index contributed by atoms with van der Waals surface area (Å²) in [5, 5.41) is 16.0. The number of allylic oxidation sites excluding steroid dienone is 1. The zero-order valence-electron chi connectivity index (χ0n) is 18.1. The average molecular weight is 500 g/mol. The van der Waals surface area contributed by atoms with Gasteiger partial charge in [-0.3, -0.25) is 0 Å². The summed E-state index contributed by atoms with van der Waals surface area (Å²) in [6.07, 6.45) is 5.68. The predicted molar refractivity (Wildman–Crippen MR) is 136 cm³/mol. The number of halogens is 2. The van der Waals surface area contributed by atoms with E-state index in [0.29, 0.717) is 44.2 Å². The number of esters is 1. The van der Waals surface area contributed by atoms with E-state index >= 15 is 0 Å². The van der Waals surface area contributed by atoms with Gasteiger partial charge in [-0.1, -0.05) is 67.6 Å². The van der Waals surface area contributed by atoms with Crippen LogP contribution in [0.3, 0.4) is 0 Å². The van der Waals surface area contributed by atoms with Crippen LogP contribution in [-0.2, 0) is 4.74 Å². The van der Waals surface area contributed by atoms with E-state index in [0.717, 1.165) is 31.2 Å². The quantitative estimate of drug-likeness (QED) is 0.174. The molecular formula is C25H23Cl2N3O2S. The molecule has 0 bridgehead atoms. The summed E-state index contributed by atoms with van der Waals surface area (Å²) in [7, 11) is 0. The molecule has 1 aromatic heterocycles. The fourth-order valence-electron chi connectivity index (χ4n) is 3.04. The van der Waals surface area contributed by atoms with Crippen LogP contribution in [0.2, 0.25) is 10.0 Å². The Morgan fingerprint density at radius 2 is 2.00 bits per heavy atom. The van der Waals surface area contributed by atoms with Crippen LogP contribution < -0.4 is 5.32 Å². The van der Waals surface area contributed by atoms with Crippen molar-refractivity contribution in [2.45, 2.75) is 32.6 Å². The average Bonchev–Trinajstić information content (AvgIpc) is 3.31. The highest BCUT2D eigenvalue weighted by atomic mass is 35.5. The summed E-state index contributed by atoms with van der Waals surface area (Å²) in [5.41, 5.74) is 2.82. The van der Waals surface area contributed by atoms with Crippen molar-refractivity contribution < 1.29 is 9.53 Å². The third-order valence-electron chi connectivity index (χ3n) is 4.82. The van der Waals surface area contributed by atoms with Crippen molar-refractivity contribution >= 4 is 51.8 Å². The lowest BCUT2D eigenvalue weighted by molar-refractivity contribution is 0.0499. The summed E-state index contributed by atoms with van der Waals surface area (Å²) in [5.74, 6) is -0.391. The minimum absolute atomic E-state index is 0.342. The zero-order chi connectivity index (χ0) is 23.6. The van der Waals surface area contributed by atoms with E-state index in [4.69, 9.17) is 27.9 Å². The van der Waals surface area contributed by atoms with Gasteiger partial charge in [0.25, 0.3) is 0 Å². The molecule has 0 aliphatic carbocycles. The van der Waals surface area contributed by atoms with Crippen molar-refractivity contribution in [1.29, 1.82) is 5.26 Å². The Labute approximate surface area is 207 Å². The van der Waals surface area contributed by atoms with Gasteiger partial charge in [-0.05, 0) is 30.7 Å². The third-order valence-corrected chi connectivity index (χ3v) is 6.44. The van der Waals surface area contributed by atoms with E-state index in [1.165, 1.54) is 11.3 Å². The monoisotopic (exact) mass is 499 g/mol. The van der Waals surface area contributed by atoms with Crippen LogP contribution >= 0.6 is 34.5 Å². The standard InChI is InChI=1S/C25H23Cl2N3O2S/c1-2-3-4-7-12-32-25(31)19-8-5-6-9-22(19)29-15-18(14-28)24-30-23(16-33-24)17-10-11-20(26)21(27)13-17/h5-6,8-11,13,15-16,29H,2-4,7,12H2,1H3. The molecule has 0 fully saturated rings. The molecule has 0 amide bonds. The first-order valence-corrected chi connectivity index (χ1v) is 12.2. The molecule has 0 unspecified atom stereocenters. The number of thiazole rings is 1. The van der Waals surface area contributed by atoms with E-state index in [2.05, 4.69) is 23.3 Å². The van der Waals surface area contributed by atoms with Gasteiger partial charge in [-0.25, -0.2) is 9.78 Å². The number of nitrogens with zero attached hydrogens (tertiary/aromatic N) is 2. The van der Waals surface area contributed by atoms with Crippen molar-refractivity contribution in [2.24, 2.45) is 0 Å². The number of ether oxygens (including phenoxy) is 1. The van der Waals surface area contributed by atoms with E-state index in [9.17, 15) is 10.1 Å². The molecule has 0 saturated carbocycles. The van der Waals surface area contributed by atoms with Gasteiger partial charge in [0.1, 0.15) is 16.6 Å². The molecule has 0 aliphatic heterocycles. The second kappa shape index (κ2) is 12.4. The fourth-order valence-corrected chi connectivity index (χ4v) is 4.13. The van der Waals surface area contributed by atoms with E-state index in [1.54, 1.807) is 36.5 Å². The van der Waals surface area contributed by atoms with Crippen molar-refractivity contribution in [3.8, 4) is 17.3 Å². The molecule has 1 N–H and O–H groups in total. The van der Waals surface area contributed by atoms with Crippen LogP contribution in [-0.4, -0.2) is 17.6 Å². The number of benzene rings is 2. The minimum atomic E-state index is -0.391. The number of unbranched alkanes of at least 4 members (excludes halogenated alkanes) is 3. The summed E-state index contributed by atoms with van der Waals surface area (Å²) >= 11 is 13.4. The second-order valence-corrected chi connectivity index (χ2v) is 8.90. The molecule has 33 heavy (non-hydrogen) atoms. The molecule has 2 aromatic carbocycles. The minimum Gasteiger partial charge on any atom is -0.462 e. The van der Waals surface area contributed by atoms with Crippen LogP contribution in [0.4, 0.5) is 5.69 Å². The van der Waals surface area contributed by atoms with Crippen LogP contribution in [0.1, 0.15) is 48.0 Å². The molecule has 3 aromatic rings. The second-order valence-electron chi connectivity index (χ2n) is 7.22. The summed E-state index contributed by atoms with van der Waals surface area (Å²) in [6, 6.07) is 14.5. The summed E-state index contributed by atoms with van der Waals surface area (Å²) in [4.78, 5) is 17.1. The zero-order valence-corrected chi connectivity index (χ0v) is 20.4. The molecular weight excluding hydrogens is 477 g/mol. The molecule has 0 spiro atoms. The lowest BCUT2D eigenvalue weighted by Crippen LogP contribution is -2.09. The van der Waals surface area contributed by atoms with Crippen molar-refractivity contribution in [2.75, 3.05) is 11.9 Å². The van der Waals surface area contributed by atoms with Gasteiger partial charge in [0.05, 0.1) is 33.6 Å². The number of nitriles is 1. The molecule has 0 aliphatic rings. The topological polar surface area (TPSA) is 75.0 Å². The van der Waals surface area contributed by atoms with Crippen LogP contribution in [0.25, 0.3) is 16.8 Å². The number of nitrogens with one attached hydrogen (secondary N) is 1. The Balaban J connectivity index is 1.72. The van der Waals surface area contributed by atoms with Gasteiger partial charge in [0.15, 0.2) is 0 Å². The Morgan fingerprint density at radius 3 is 2.76 bits per heavy atom. The smallest absolute Gasteiger partial charge is 0.340 e. The van der Waals surface area contributed by atoms with Gasteiger partial charge in [0.2, 0.25) is 0 Å². The van der Waals surface area contributed by atoms with Crippen molar-refractivity contribution in [3.63, 3.8) is 0 Å². The van der Waals surface area contributed by atoms with Gasteiger partial charge in [-0.15, -0.1) is 11.3 Å². The van der Waals surface area contributed by atoms with Gasteiger partial charge in [0, 0.05) is 17.1 Å². The van der Waals surface area contributed by atoms with Crippen LogP contribution in [0, 0.1) is 11.3 Å². The normalized spacial score (nSPS) is 11.2. The van der Waals surface area contributed by atoms with Crippen molar-refractivity contribution in [3.05, 3.63) is 74.7 Å². The molecule has 1 heterocycles. The third kappa shape index (κ3) is 6.82. The first-order chi connectivity index (χ1) is 16.0. The first kappa shape index (κ1) is 24.8. The first-order valence-electron chi connectivity index (χ1n) is 10.6. The number of aromatic nitrogens is 1. The van der Waals surface area contributed by atoms with Gasteiger partial charge in [-0.2, -0.15) is 5.26 Å². The summed E-state index contributed by atoms with van der Waals surface area (Å²) < 4.78 is 5.41. The molecule has 0 saturated heterocycles. The number of anilines is 1. The molecule has 3 rings (SSSR count). The Kier molecular flexibility index (Phi) is 9.32. The molecule has 8 heteroatoms. The highest BCUT2D eigenvalue weighted by molar-refractivity contribution is 7.11. The van der Waals surface area contributed by atoms with Crippen LogP contribution in [0.5, 0.6) is 0 Å². The number of carbonyl (C=O) groups excluding carboxylic acids is 1. The Bertz CT molecular complexity index is 1180. The Morgan fingerprint density at radius 1 is 1.18 bits per heavy atom. The number of hydrogen-bond donors (Lipinski definition) is 1. The maximum Gasteiger partial charge on any atom is 0.340 e. The number of rotatable bonds is 10. The highest BCUT2D eigenvalue weighted by Crippen LogP contribution is 2.31. The van der Waals surface area contributed by atoms with Crippen molar-refractivity contribution in [1.82, 2.24) is 4.98 Å². The Hall–Kier alpha value is -2.85. The lowest BCUT2D eigenvalue weighted by Gasteiger charge is -2.09. The maximum absolute atomic E-state index is 12.5. The van der Waals surface area contributed by atoms with E-state index in [1.807, 2.05) is 17.5 Å². The maximum atomic E-state index is 12.5. The van der Waals surface area contributed by atoms with Gasteiger partial charge < -0.3 is 10.1 Å². The molecule has 0 atom stereocenters. The lowest BCUT2D eigenvalue weighted by atomic mass is 10.1. The SMILES string of the molecule is CCCCCCOC(=O)c1ccccc1NC=C(C#N)c1nc(-c2ccc(Cl)c(Cl)c2)cs1. The molecule has 5 nitrogen and oxygen atoms in total. The van der Waals surface area contributed by atoms with Gasteiger partial charge >= 0.3 is 5.97 Å². The summed E-state index contributed by atoms with van der Waals surface area (Å²) in [6.45, 7) is 2.53. The number of carbonyl (C=O) groups is 1. The van der Waals surface area contributed by atoms with Crippen LogP contribution in [0.15, 0.2) is 54.0 Å². The molecule has 0 radical (unpaired) electrons. The predicted octanol–water partition coefficient (Wildman–Crippen LogP) is 7.83. The highest BCUT2D eigenvalue weighted by Gasteiger charge is 2.14. The van der Waals surface area contributed by atoms with E-state index < -0.39 is 5.97 Å². The fraction of sp³-hybridized carbons (Fsp3) is 0.240.